The van der Waals surface area contributed by atoms with Crippen LogP contribution in [-0.2, 0) is 10.4 Å². The molecule has 148 valence electrons. The standard InChI is InChI=1S/C23H26BrNO3/c1-5-6-9-25-19-8-7-17(24)12-18(19)23(28,22(25)27)13-20(26)21-15(3)10-14(2)11-16(21)4/h7-8,10-12,28H,5-6,9,13H2,1-4H3. The average molecular weight is 444 g/mol. The predicted octanol–water partition coefficient (Wildman–Crippen LogP) is 4.98. The maximum Gasteiger partial charge on any atom is 0.264 e. The van der Waals surface area contributed by atoms with Gasteiger partial charge < -0.3 is 10.0 Å². The van der Waals surface area contributed by atoms with E-state index in [0.717, 1.165) is 34.0 Å². The zero-order valence-corrected chi connectivity index (χ0v) is 18.4. The number of carbonyl (C=O) groups is 2. The van der Waals surface area contributed by atoms with Gasteiger partial charge in [-0.15, -0.1) is 0 Å². The van der Waals surface area contributed by atoms with Crippen molar-refractivity contribution in [2.45, 2.75) is 52.6 Å². The van der Waals surface area contributed by atoms with E-state index in [4.69, 9.17) is 0 Å². The Kier molecular flexibility index (Phi) is 5.78. The third-order valence-corrected chi connectivity index (χ3v) is 5.89. The van der Waals surface area contributed by atoms with Crippen molar-refractivity contribution in [2.75, 3.05) is 11.4 Å². The molecule has 5 heteroatoms. The van der Waals surface area contributed by atoms with E-state index in [9.17, 15) is 14.7 Å². The minimum absolute atomic E-state index is 0.214. The Labute approximate surface area is 174 Å². The first-order valence-corrected chi connectivity index (χ1v) is 10.4. The number of rotatable bonds is 6. The number of hydrogen-bond acceptors (Lipinski definition) is 3. The summed E-state index contributed by atoms with van der Waals surface area (Å²) in [6.07, 6.45) is 1.51. The highest BCUT2D eigenvalue weighted by Crippen LogP contribution is 2.44. The Morgan fingerprint density at radius 2 is 1.79 bits per heavy atom. The van der Waals surface area contributed by atoms with Crippen LogP contribution < -0.4 is 4.90 Å². The second kappa shape index (κ2) is 7.80. The molecule has 3 rings (SSSR count). The monoisotopic (exact) mass is 443 g/mol. The molecule has 0 fully saturated rings. The highest BCUT2D eigenvalue weighted by molar-refractivity contribution is 9.10. The van der Waals surface area contributed by atoms with Gasteiger partial charge in [-0.25, -0.2) is 0 Å². The van der Waals surface area contributed by atoms with Crippen molar-refractivity contribution in [2.24, 2.45) is 0 Å². The Balaban J connectivity index is 2.02. The van der Waals surface area contributed by atoms with Crippen LogP contribution in [0.1, 0.15) is 58.8 Å². The second-order valence-electron chi connectivity index (χ2n) is 7.71. The first-order chi connectivity index (χ1) is 13.2. The Morgan fingerprint density at radius 3 is 2.39 bits per heavy atom. The number of unbranched alkanes of at least 4 members (excludes halogenated alkanes) is 1. The van der Waals surface area contributed by atoms with Crippen LogP contribution in [0.4, 0.5) is 5.69 Å². The van der Waals surface area contributed by atoms with Crippen molar-refractivity contribution in [3.05, 3.63) is 62.6 Å². The minimum Gasteiger partial charge on any atom is -0.375 e. The molecule has 0 radical (unpaired) electrons. The molecule has 1 N–H and O–H groups in total. The van der Waals surface area contributed by atoms with Crippen molar-refractivity contribution < 1.29 is 14.7 Å². The maximum atomic E-state index is 13.2. The van der Waals surface area contributed by atoms with Crippen LogP contribution in [0.15, 0.2) is 34.8 Å². The summed E-state index contributed by atoms with van der Waals surface area (Å²) < 4.78 is 0.768. The molecule has 1 aliphatic rings. The van der Waals surface area contributed by atoms with Crippen molar-refractivity contribution in [1.82, 2.24) is 0 Å². The molecule has 0 aliphatic carbocycles. The zero-order valence-electron chi connectivity index (χ0n) is 16.8. The fraction of sp³-hybridized carbons (Fsp3) is 0.391. The lowest BCUT2D eigenvalue weighted by atomic mass is 9.85. The van der Waals surface area contributed by atoms with E-state index >= 15 is 0 Å². The predicted molar refractivity (Wildman–Crippen MR) is 115 cm³/mol. The number of carbonyl (C=O) groups excluding carboxylic acids is 2. The molecule has 0 saturated carbocycles. The fourth-order valence-electron chi connectivity index (χ4n) is 4.17. The first kappa shape index (κ1) is 20.7. The molecular weight excluding hydrogens is 418 g/mol. The third kappa shape index (κ3) is 3.53. The largest absolute Gasteiger partial charge is 0.375 e. The molecule has 2 aromatic carbocycles. The zero-order chi connectivity index (χ0) is 20.6. The van der Waals surface area contributed by atoms with Gasteiger partial charge in [-0.3, -0.25) is 9.59 Å². The van der Waals surface area contributed by atoms with E-state index in [0.29, 0.717) is 23.4 Å². The van der Waals surface area contributed by atoms with E-state index in [1.54, 1.807) is 11.0 Å². The Hall–Kier alpha value is -1.98. The molecule has 1 heterocycles. The van der Waals surface area contributed by atoms with Gasteiger partial charge in [0.1, 0.15) is 0 Å². The van der Waals surface area contributed by atoms with Crippen LogP contribution in [0, 0.1) is 20.8 Å². The van der Waals surface area contributed by atoms with Crippen LogP contribution >= 0.6 is 15.9 Å². The van der Waals surface area contributed by atoms with Gasteiger partial charge in [0.05, 0.1) is 12.1 Å². The number of fused-ring (bicyclic) bond motifs is 1. The summed E-state index contributed by atoms with van der Waals surface area (Å²) in [6, 6.07) is 9.35. The molecule has 1 unspecified atom stereocenters. The molecule has 1 aliphatic heterocycles. The number of amides is 1. The number of nitrogens with zero attached hydrogens (tertiary/aromatic N) is 1. The molecular formula is C23H26BrNO3. The number of benzene rings is 2. The molecule has 0 saturated heterocycles. The van der Waals surface area contributed by atoms with Crippen molar-refractivity contribution in [3.8, 4) is 0 Å². The van der Waals surface area contributed by atoms with Gasteiger partial charge in [0, 0.05) is 22.1 Å². The lowest BCUT2D eigenvalue weighted by Crippen LogP contribution is -2.42. The molecule has 1 amide bonds. The second-order valence-corrected chi connectivity index (χ2v) is 8.62. The number of aliphatic hydroxyl groups is 1. The van der Waals surface area contributed by atoms with Crippen molar-refractivity contribution in [1.29, 1.82) is 0 Å². The Morgan fingerprint density at radius 1 is 1.14 bits per heavy atom. The smallest absolute Gasteiger partial charge is 0.264 e. The van der Waals surface area contributed by atoms with Gasteiger partial charge in [0.15, 0.2) is 11.4 Å². The van der Waals surface area contributed by atoms with Crippen LogP contribution in [0.5, 0.6) is 0 Å². The van der Waals surface area contributed by atoms with Crippen LogP contribution in [-0.4, -0.2) is 23.3 Å². The van der Waals surface area contributed by atoms with Gasteiger partial charge >= 0.3 is 0 Å². The van der Waals surface area contributed by atoms with Gasteiger partial charge in [0.25, 0.3) is 5.91 Å². The molecule has 0 spiro atoms. The van der Waals surface area contributed by atoms with Crippen LogP contribution in [0.2, 0.25) is 0 Å². The average Bonchev–Trinajstić information content (AvgIpc) is 2.80. The molecule has 0 aromatic heterocycles. The van der Waals surface area contributed by atoms with Gasteiger partial charge in [0.2, 0.25) is 0 Å². The topological polar surface area (TPSA) is 57.6 Å². The molecule has 0 bridgehead atoms. The number of halogens is 1. The number of ketones is 1. The molecule has 1 atom stereocenters. The normalized spacial score (nSPS) is 18.5. The number of aryl methyl sites for hydroxylation is 3. The molecule has 4 nitrogen and oxygen atoms in total. The van der Waals surface area contributed by atoms with Crippen molar-refractivity contribution in [3.63, 3.8) is 0 Å². The summed E-state index contributed by atoms with van der Waals surface area (Å²) >= 11 is 3.43. The van der Waals surface area contributed by atoms with Gasteiger partial charge in [-0.1, -0.05) is 47.0 Å². The lowest BCUT2D eigenvalue weighted by molar-refractivity contribution is -0.135. The van der Waals surface area contributed by atoms with Crippen LogP contribution in [0.25, 0.3) is 0 Å². The van der Waals surface area contributed by atoms with E-state index < -0.39 is 11.5 Å². The minimum atomic E-state index is -1.84. The van der Waals surface area contributed by atoms with E-state index in [1.807, 2.05) is 45.0 Å². The number of anilines is 1. The highest BCUT2D eigenvalue weighted by atomic mass is 79.9. The summed E-state index contributed by atoms with van der Waals surface area (Å²) in [5, 5.41) is 11.4. The quantitative estimate of drug-likeness (QED) is 0.640. The summed E-state index contributed by atoms with van der Waals surface area (Å²) in [5.41, 5.74) is 2.77. The highest BCUT2D eigenvalue weighted by Gasteiger charge is 2.51. The number of hydrogen-bond donors (Lipinski definition) is 1. The van der Waals surface area contributed by atoms with E-state index in [-0.39, 0.29) is 12.2 Å². The molecule has 2 aromatic rings. The lowest BCUT2D eigenvalue weighted by Gasteiger charge is -2.23. The SMILES string of the molecule is CCCCN1C(=O)C(O)(CC(=O)c2c(C)cc(C)cc2C)c2cc(Br)ccc21. The van der Waals surface area contributed by atoms with Crippen molar-refractivity contribution >= 4 is 33.3 Å². The summed E-state index contributed by atoms with van der Waals surface area (Å²) in [5.74, 6) is -0.626. The van der Waals surface area contributed by atoms with Gasteiger partial charge in [-0.2, -0.15) is 0 Å². The summed E-state index contributed by atoms with van der Waals surface area (Å²) in [6.45, 7) is 8.37. The Bertz CT molecular complexity index is 930. The maximum absolute atomic E-state index is 13.2. The van der Waals surface area contributed by atoms with Crippen LogP contribution in [0.3, 0.4) is 0 Å². The summed E-state index contributed by atoms with van der Waals surface area (Å²) in [7, 11) is 0. The van der Waals surface area contributed by atoms with E-state index in [2.05, 4.69) is 22.9 Å². The third-order valence-electron chi connectivity index (χ3n) is 5.40. The first-order valence-electron chi connectivity index (χ1n) is 9.64. The van der Waals surface area contributed by atoms with Gasteiger partial charge in [-0.05, 0) is 56.5 Å². The summed E-state index contributed by atoms with van der Waals surface area (Å²) in [4.78, 5) is 28.0. The van der Waals surface area contributed by atoms with E-state index in [1.165, 1.54) is 0 Å². The fourth-order valence-corrected chi connectivity index (χ4v) is 4.53. The number of Topliss-reactive ketones (excluding diaryl/α,β-unsaturated/α-hetero) is 1. The molecule has 28 heavy (non-hydrogen) atoms.